The fourth-order valence-corrected chi connectivity index (χ4v) is 2.75. The monoisotopic (exact) mass is 345 g/mol. The normalized spacial score (nSPS) is 12.7. The highest BCUT2D eigenvalue weighted by molar-refractivity contribution is 9.10. The van der Waals surface area contributed by atoms with Gasteiger partial charge in [-0.15, -0.1) is 0 Å². The number of rotatable bonds is 5. The molecule has 21 heavy (non-hydrogen) atoms. The summed E-state index contributed by atoms with van der Waals surface area (Å²) in [6.45, 7) is 3.06. The smallest absolute Gasteiger partial charge is 0.139 e. The predicted octanol–water partition coefficient (Wildman–Crippen LogP) is 4.07. The number of furan rings is 1. The number of nitrogens with zero attached hydrogens (tertiary/aromatic N) is 2. The molecule has 0 saturated carbocycles. The summed E-state index contributed by atoms with van der Waals surface area (Å²) in [5.41, 5.74) is 2.90. The third-order valence-corrected chi connectivity index (χ3v) is 3.99. The first-order valence-corrected chi connectivity index (χ1v) is 7.76. The maximum Gasteiger partial charge on any atom is 0.139 e. The van der Waals surface area contributed by atoms with Gasteiger partial charge in [0.05, 0.1) is 27.8 Å². The van der Waals surface area contributed by atoms with Crippen molar-refractivity contribution in [3.8, 4) is 0 Å². The summed E-state index contributed by atoms with van der Waals surface area (Å²) >= 11 is 3.54. The Kier molecular flexibility index (Phi) is 4.31. The van der Waals surface area contributed by atoms with Crippen molar-refractivity contribution in [3.63, 3.8) is 0 Å². The van der Waals surface area contributed by atoms with Gasteiger partial charge in [0.1, 0.15) is 5.76 Å². The summed E-state index contributed by atoms with van der Waals surface area (Å²) < 4.78 is 6.61. The van der Waals surface area contributed by atoms with Crippen LogP contribution in [0, 0.1) is 0 Å². The maximum atomic E-state index is 5.64. The van der Waals surface area contributed by atoms with E-state index in [1.54, 1.807) is 18.7 Å². The summed E-state index contributed by atoms with van der Waals surface area (Å²) in [5.74, 6) is 0.881. The van der Waals surface area contributed by atoms with Crippen LogP contribution in [0.15, 0.2) is 51.8 Å². The van der Waals surface area contributed by atoms with Crippen molar-refractivity contribution in [3.05, 3.63) is 58.7 Å². The Labute approximate surface area is 131 Å². The molecule has 0 radical (unpaired) electrons. The summed E-state index contributed by atoms with van der Waals surface area (Å²) in [6.07, 6.45) is 6.17. The molecule has 1 atom stereocenters. The standard InChI is InChI=1S/C16H16BrN3O/c1-2-6-20-15(16-12(17)5-9-21-16)11-3-4-13-14(10-11)19-8-7-18-13/h3-5,7-10,15,20H,2,6H2,1H3. The van der Waals surface area contributed by atoms with Gasteiger partial charge in [0.25, 0.3) is 0 Å². The van der Waals surface area contributed by atoms with Crippen molar-refractivity contribution in [2.75, 3.05) is 6.54 Å². The van der Waals surface area contributed by atoms with Crippen molar-refractivity contribution in [1.29, 1.82) is 0 Å². The minimum atomic E-state index is 0.000677. The summed E-state index contributed by atoms with van der Waals surface area (Å²) in [6, 6.07) is 8.04. The van der Waals surface area contributed by atoms with E-state index in [1.165, 1.54) is 0 Å². The van der Waals surface area contributed by atoms with Crippen LogP contribution in [0.4, 0.5) is 0 Å². The van der Waals surface area contributed by atoms with E-state index in [0.717, 1.165) is 39.8 Å². The third kappa shape index (κ3) is 2.99. The largest absolute Gasteiger partial charge is 0.466 e. The van der Waals surface area contributed by atoms with Crippen molar-refractivity contribution in [1.82, 2.24) is 15.3 Å². The van der Waals surface area contributed by atoms with Crippen molar-refractivity contribution < 1.29 is 4.42 Å². The molecule has 0 aliphatic heterocycles. The number of halogens is 1. The van der Waals surface area contributed by atoms with Crippen LogP contribution in [0.3, 0.4) is 0 Å². The highest BCUT2D eigenvalue weighted by atomic mass is 79.9. The summed E-state index contributed by atoms with van der Waals surface area (Å²) in [7, 11) is 0. The van der Waals surface area contributed by atoms with E-state index < -0.39 is 0 Å². The fourth-order valence-electron chi connectivity index (χ4n) is 2.32. The Morgan fingerprint density at radius 3 is 2.71 bits per heavy atom. The van der Waals surface area contributed by atoms with Gasteiger partial charge in [0.15, 0.2) is 0 Å². The third-order valence-electron chi connectivity index (χ3n) is 3.33. The topological polar surface area (TPSA) is 51.0 Å². The second-order valence-corrected chi connectivity index (χ2v) is 5.68. The van der Waals surface area contributed by atoms with Gasteiger partial charge in [0, 0.05) is 12.4 Å². The number of hydrogen-bond donors (Lipinski definition) is 1. The maximum absolute atomic E-state index is 5.64. The van der Waals surface area contributed by atoms with Crippen molar-refractivity contribution >= 4 is 27.0 Å². The summed E-state index contributed by atoms with van der Waals surface area (Å²) in [4.78, 5) is 8.68. The Morgan fingerprint density at radius 1 is 1.19 bits per heavy atom. The van der Waals surface area contributed by atoms with E-state index in [9.17, 15) is 0 Å². The van der Waals surface area contributed by atoms with Gasteiger partial charge in [0.2, 0.25) is 0 Å². The van der Waals surface area contributed by atoms with Gasteiger partial charge in [-0.1, -0.05) is 13.0 Å². The number of aromatic nitrogens is 2. The Morgan fingerprint density at radius 2 is 2.00 bits per heavy atom. The van der Waals surface area contributed by atoms with E-state index in [-0.39, 0.29) is 6.04 Å². The highest BCUT2D eigenvalue weighted by Gasteiger charge is 2.19. The molecule has 0 bridgehead atoms. The molecule has 3 aromatic rings. The zero-order chi connectivity index (χ0) is 14.7. The average Bonchev–Trinajstić information content (AvgIpc) is 2.94. The van der Waals surface area contributed by atoms with Gasteiger partial charge < -0.3 is 9.73 Å². The van der Waals surface area contributed by atoms with E-state index in [0.29, 0.717) is 0 Å². The molecule has 3 rings (SSSR count). The van der Waals surface area contributed by atoms with Crippen LogP contribution in [-0.2, 0) is 0 Å². The minimum absolute atomic E-state index is 0.000677. The molecular weight excluding hydrogens is 330 g/mol. The van der Waals surface area contributed by atoms with Crippen LogP contribution in [0.2, 0.25) is 0 Å². The SMILES string of the molecule is CCCNC(c1ccc2nccnc2c1)c1occc1Br. The number of nitrogens with one attached hydrogen (secondary N) is 1. The molecule has 4 nitrogen and oxygen atoms in total. The second-order valence-electron chi connectivity index (χ2n) is 4.82. The summed E-state index contributed by atoms with van der Waals surface area (Å²) in [5, 5.41) is 3.52. The lowest BCUT2D eigenvalue weighted by atomic mass is 10.0. The van der Waals surface area contributed by atoms with Gasteiger partial charge in [-0.3, -0.25) is 9.97 Å². The predicted molar refractivity (Wildman–Crippen MR) is 86.1 cm³/mol. The van der Waals surface area contributed by atoms with E-state index in [2.05, 4.69) is 50.3 Å². The molecular formula is C16H16BrN3O. The van der Waals surface area contributed by atoms with Crippen LogP contribution >= 0.6 is 15.9 Å². The lowest BCUT2D eigenvalue weighted by Crippen LogP contribution is -2.23. The van der Waals surface area contributed by atoms with Crippen LogP contribution < -0.4 is 5.32 Å². The zero-order valence-electron chi connectivity index (χ0n) is 11.7. The molecule has 1 aromatic carbocycles. The van der Waals surface area contributed by atoms with Gasteiger partial charge in [-0.2, -0.15) is 0 Å². The van der Waals surface area contributed by atoms with E-state index >= 15 is 0 Å². The molecule has 1 N–H and O–H groups in total. The highest BCUT2D eigenvalue weighted by Crippen LogP contribution is 2.30. The van der Waals surface area contributed by atoms with Crippen LogP contribution in [-0.4, -0.2) is 16.5 Å². The Balaban J connectivity index is 2.03. The molecule has 0 saturated heterocycles. The van der Waals surface area contributed by atoms with Crippen molar-refractivity contribution in [2.45, 2.75) is 19.4 Å². The Hall–Kier alpha value is -1.72. The lowest BCUT2D eigenvalue weighted by Gasteiger charge is -2.17. The first-order chi connectivity index (χ1) is 10.3. The first-order valence-electron chi connectivity index (χ1n) is 6.96. The molecule has 0 aliphatic carbocycles. The van der Waals surface area contributed by atoms with Gasteiger partial charge in [-0.25, -0.2) is 0 Å². The Bertz CT molecular complexity index is 741. The number of benzene rings is 1. The molecule has 2 heterocycles. The molecule has 0 spiro atoms. The van der Waals surface area contributed by atoms with Crippen LogP contribution in [0.1, 0.15) is 30.7 Å². The van der Waals surface area contributed by atoms with E-state index in [1.807, 2.05) is 12.1 Å². The molecule has 108 valence electrons. The van der Waals surface area contributed by atoms with Gasteiger partial charge >= 0.3 is 0 Å². The second kappa shape index (κ2) is 6.37. The van der Waals surface area contributed by atoms with Crippen LogP contribution in [0.25, 0.3) is 11.0 Å². The lowest BCUT2D eigenvalue weighted by molar-refractivity contribution is 0.444. The van der Waals surface area contributed by atoms with E-state index in [4.69, 9.17) is 4.42 Å². The molecule has 0 aliphatic rings. The number of fused-ring (bicyclic) bond motifs is 1. The quantitative estimate of drug-likeness (QED) is 0.757. The molecule has 0 amide bonds. The first kappa shape index (κ1) is 14.2. The molecule has 5 heteroatoms. The number of hydrogen-bond acceptors (Lipinski definition) is 4. The minimum Gasteiger partial charge on any atom is -0.466 e. The van der Waals surface area contributed by atoms with Crippen LogP contribution in [0.5, 0.6) is 0 Å². The average molecular weight is 346 g/mol. The molecule has 2 aromatic heterocycles. The molecule has 1 unspecified atom stereocenters. The fraction of sp³-hybridized carbons (Fsp3) is 0.250. The van der Waals surface area contributed by atoms with Gasteiger partial charge in [-0.05, 0) is 52.7 Å². The zero-order valence-corrected chi connectivity index (χ0v) is 13.3. The molecule has 0 fully saturated rings. The van der Waals surface area contributed by atoms with Crippen molar-refractivity contribution in [2.24, 2.45) is 0 Å².